The molecule has 0 bridgehead atoms. The van der Waals surface area contributed by atoms with Crippen molar-refractivity contribution in [1.29, 1.82) is 0 Å². The summed E-state index contributed by atoms with van der Waals surface area (Å²) in [5, 5.41) is 52.0. The molecule has 0 amide bonds. The van der Waals surface area contributed by atoms with E-state index in [1.165, 1.54) is 18.2 Å². The number of nitrogens with zero attached hydrogens (tertiary/aromatic N) is 1. The summed E-state index contributed by atoms with van der Waals surface area (Å²) in [6.07, 6.45) is -6.60. The Morgan fingerprint density at radius 1 is 1.27 bits per heavy atom. The SMILES string of the molecule is Cc1ccc([N+](=O)[O-])cc1N[C@@H]1O[C@H](CO)[C@@H](O)[C@@H](O)[C@H]1O. The number of benzene rings is 1. The molecule has 0 spiro atoms. The van der Waals surface area contributed by atoms with Crippen LogP contribution in [-0.4, -0.2) is 62.6 Å². The molecule has 0 unspecified atom stereocenters. The van der Waals surface area contributed by atoms with Crippen LogP contribution in [0.25, 0.3) is 0 Å². The lowest BCUT2D eigenvalue weighted by atomic mass is 9.98. The molecule has 9 heteroatoms. The number of aliphatic hydroxyl groups excluding tert-OH is 4. The molecular weight excluding hydrogens is 296 g/mol. The third-order valence-corrected chi connectivity index (χ3v) is 3.62. The van der Waals surface area contributed by atoms with Crippen LogP contribution in [0, 0.1) is 17.0 Å². The molecule has 2 rings (SSSR count). The van der Waals surface area contributed by atoms with Crippen molar-refractivity contribution < 1.29 is 30.1 Å². The zero-order valence-electron chi connectivity index (χ0n) is 11.8. The first-order valence-corrected chi connectivity index (χ1v) is 6.67. The largest absolute Gasteiger partial charge is 0.394 e. The molecule has 5 N–H and O–H groups in total. The van der Waals surface area contributed by atoms with E-state index >= 15 is 0 Å². The molecule has 1 fully saturated rings. The first kappa shape index (κ1) is 16.6. The van der Waals surface area contributed by atoms with Crippen LogP contribution in [0.15, 0.2) is 18.2 Å². The van der Waals surface area contributed by atoms with Crippen molar-refractivity contribution in [3.8, 4) is 0 Å². The van der Waals surface area contributed by atoms with Crippen LogP contribution in [0.4, 0.5) is 11.4 Å². The van der Waals surface area contributed by atoms with Gasteiger partial charge in [-0.2, -0.15) is 0 Å². The Kier molecular flexibility index (Phi) is 4.94. The molecular formula is C13H18N2O7. The smallest absolute Gasteiger partial charge is 0.271 e. The maximum atomic E-state index is 10.8. The predicted molar refractivity (Wildman–Crippen MR) is 75.2 cm³/mol. The molecule has 1 aromatic rings. The summed E-state index contributed by atoms with van der Waals surface area (Å²) in [5.41, 5.74) is 0.874. The molecule has 0 aliphatic carbocycles. The fourth-order valence-electron chi connectivity index (χ4n) is 2.25. The highest BCUT2D eigenvalue weighted by molar-refractivity contribution is 5.57. The van der Waals surface area contributed by atoms with Crippen molar-refractivity contribution in [3.05, 3.63) is 33.9 Å². The Bertz CT molecular complexity index is 551. The van der Waals surface area contributed by atoms with Gasteiger partial charge in [0.15, 0.2) is 6.23 Å². The highest BCUT2D eigenvalue weighted by Crippen LogP contribution is 2.27. The van der Waals surface area contributed by atoms with Gasteiger partial charge < -0.3 is 30.5 Å². The second-order valence-electron chi connectivity index (χ2n) is 5.15. The Labute approximate surface area is 125 Å². The summed E-state index contributed by atoms with van der Waals surface area (Å²) in [5.74, 6) is 0. The Hall–Kier alpha value is -1.78. The van der Waals surface area contributed by atoms with Gasteiger partial charge in [0.25, 0.3) is 5.69 Å². The van der Waals surface area contributed by atoms with Crippen LogP contribution in [0.3, 0.4) is 0 Å². The first-order valence-electron chi connectivity index (χ1n) is 6.67. The number of hydrogen-bond acceptors (Lipinski definition) is 8. The van der Waals surface area contributed by atoms with Gasteiger partial charge in [-0.15, -0.1) is 0 Å². The standard InChI is InChI=1S/C13H18N2O7/c1-6-2-3-7(15(20)21)4-8(6)14-13-12(19)11(18)10(17)9(5-16)22-13/h2-4,9-14,16-19H,5H2,1H3/t9-,10-,11-,12-,13-/m1/s1. The molecule has 0 radical (unpaired) electrons. The lowest BCUT2D eigenvalue weighted by Crippen LogP contribution is -2.60. The topological polar surface area (TPSA) is 145 Å². The summed E-state index contributed by atoms with van der Waals surface area (Å²) in [6, 6.07) is 4.15. The zero-order valence-corrected chi connectivity index (χ0v) is 11.8. The van der Waals surface area contributed by atoms with Crippen LogP contribution in [0.2, 0.25) is 0 Å². The van der Waals surface area contributed by atoms with Crippen LogP contribution >= 0.6 is 0 Å². The molecule has 1 aromatic carbocycles. The first-order chi connectivity index (χ1) is 10.3. The fraction of sp³-hybridized carbons (Fsp3) is 0.538. The van der Waals surface area contributed by atoms with E-state index in [0.29, 0.717) is 11.3 Å². The summed E-state index contributed by atoms with van der Waals surface area (Å²) < 4.78 is 5.30. The molecule has 5 atom stereocenters. The van der Waals surface area contributed by atoms with Crippen molar-refractivity contribution in [1.82, 2.24) is 0 Å². The maximum Gasteiger partial charge on any atom is 0.271 e. The number of non-ortho nitro benzene ring substituents is 1. The van der Waals surface area contributed by atoms with Gasteiger partial charge in [-0.1, -0.05) is 6.07 Å². The number of aryl methyl sites for hydroxylation is 1. The molecule has 0 aromatic heterocycles. The molecule has 122 valence electrons. The van der Waals surface area contributed by atoms with Crippen molar-refractivity contribution >= 4 is 11.4 Å². The van der Waals surface area contributed by atoms with E-state index in [9.17, 15) is 25.4 Å². The number of aliphatic hydroxyl groups is 4. The van der Waals surface area contributed by atoms with Crippen LogP contribution in [-0.2, 0) is 4.74 Å². The van der Waals surface area contributed by atoms with Gasteiger partial charge in [-0.25, -0.2) is 0 Å². The van der Waals surface area contributed by atoms with Gasteiger partial charge in [-0.3, -0.25) is 10.1 Å². The van der Waals surface area contributed by atoms with E-state index < -0.39 is 42.2 Å². The van der Waals surface area contributed by atoms with Crippen LogP contribution in [0.5, 0.6) is 0 Å². The molecule has 1 heterocycles. The minimum atomic E-state index is -1.51. The number of nitrogens with one attached hydrogen (secondary N) is 1. The predicted octanol–water partition coefficient (Wildman–Crippen LogP) is -0.885. The van der Waals surface area contributed by atoms with Crippen LogP contribution < -0.4 is 5.32 Å². The van der Waals surface area contributed by atoms with Gasteiger partial charge in [0.2, 0.25) is 0 Å². The molecule has 9 nitrogen and oxygen atoms in total. The highest BCUT2D eigenvalue weighted by Gasteiger charge is 2.43. The lowest BCUT2D eigenvalue weighted by Gasteiger charge is -2.40. The van der Waals surface area contributed by atoms with E-state index in [-0.39, 0.29) is 5.69 Å². The Morgan fingerprint density at radius 3 is 2.55 bits per heavy atom. The van der Waals surface area contributed by atoms with E-state index in [1.54, 1.807) is 6.92 Å². The third kappa shape index (κ3) is 3.18. The van der Waals surface area contributed by atoms with Crippen molar-refractivity contribution in [2.24, 2.45) is 0 Å². The van der Waals surface area contributed by atoms with Crippen LogP contribution in [0.1, 0.15) is 5.56 Å². The minimum Gasteiger partial charge on any atom is -0.394 e. The minimum absolute atomic E-state index is 0.141. The molecule has 1 saturated heterocycles. The second-order valence-corrected chi connectivity index (χ2v) is 5.15. The van der Waals surface area contributed by atoms with E-state index in [4.69, 9.17) is 9.84 Å². The molecule has 1 aliphatic heterocycles. The van der Waals surface area contributed by atoms with Crippen molar-refractivity contribution in [2.75, 3.05) is 11.9 Å². The number of ether oxygens (including phenoxy) is 1. The zero-order chi connectivity index (χ0) is 16.4. The van der Waals surface area contributed by atoms with Gasteiger partial charge in [0.05, 0.1) is 11.5 Å². The molecule has 1 aliphatic rings. The summed E-state index contributed by atoms with van der Waals surface area (Å²) in [7, 11) is 0. The lowest BCUT2D eigenvalue weighted by molar-refractivity contribution is -0.384. The maximum absolute atomic E-state index is 10.8. The summed E-state index contributed by atoms with van der Waals surface area (Å²) in [4.78, 5) is 10.2. The number of nitro groups is 1. The third-order valence-electron chi connectivity index (χ3n) is 3.62. The van der Waals surface area contributed by atoms with E-state index in [2.05, 4.69) is 5.32 Å². The van der Waals surface area contributed by atoms with Crippen molar-refractivity contribution in [2.45, 2.75) is 37.6 Å². The van der Waals surface area contributed by atoms with E-state index in [1.807, 2.05) is 0 Å². The average molecular weight is 314 g/mol. The Morgan fingerprint density at radius 2 is 1.95 bits per heavy atom. The fourth-order valence-corrected chi connectivity index (χ4v) is 2.25. The quantitative estimate of drug-likeness (QED) is 0.355. The van der Waals surface area contributed by atoms with Crippen molar-refractivity contribution in [3.63, 3.8) is 0 Å². The van der Waals surface area contributed by atoms with E-state index in [0.717, 1.165) is 0 Å². The monoisotopic (exact) mass is 314 g/mol. The second kappa shape index (κ2) is 6.55. The summed E-state index contributed by atoms with van der Waals surface area (Å²) >= 11 is 0. The number of rotatable bonds is 4. The summed E-state index contributed by atoms with van der Waals surface area (Å²) in [6.45, 7) is 1.16. The molecule has 22 heavy (non-hydrogen) atoms. The highest BCUT2D eigenvalue weighted by atomic mass is 16.6. The Balaban J connectivity index is 2.22. The average Bonchev–Trinajstić information content (AvgIpc) is 2.49. The number of hydrogen-bond donors (Lipinski definition) is 5. The van der Waals surface area contributed by atoms with Gasteiger partial charge in [0, 0.05) is 17.8 Å². The number of nitro benzene ring substituents is 1. The normalized spacial score (nSPS) is 31.8. The van der Waals surface area contributed by atoms with Gasteiger partial charge in [0.1, 0.15) is 24.4 Å². The number of anilines is 1. The molecule has 0 saturated carbocycles. The van der Waals surface area contributed by atoms with Gasteiger partial charge in [-0.05, 0) is 12.5 Å². The van der Waals surface area contributed by atoms with Gasteiger partial charge >= 0.3 is 0 Å².